The SMILES string of the molecule is Nc1nc(/C(=N/O)C(=O)N[C@@H]2C(=O)N3C(C(=O)O)=C(Sc4cncc(Cl)c4Cl)CCC23)c(Cl)s1. The summed E-state index contributed by atoms with van der Waals surface area (Å²) in [6.07, 6.45) is 3.47. The third-order valence-corrected chi connectivity index (χ3v) is 8.22. The highest BCUT2D eigenvalue weighted by atomic mass is 35.5. The van der Waals surface area contributed by atoms with Crippen molar-refractivity contribution in [1.82, 2.24) is 20.2 Å². The van der Waals surface area contributed by atoms with Crippen molar-refractivity contribution in [3.8, 4) is 0 Å². The molecule has 0 aromatic carbocycles. The van der Waals surface area contributed by atoms with E-state index in [4.69, 9.17) is 40.5 Å². The Kier molecular flexibility index (Phi) is 6.92. The van der Waals surface area contributed by atoms with Gasteiger partial charge in [0.25, 0.3) is 11.8 Å². The Labute approximate surface area is 214 Å². The first kappa shape index (κ1) is 24.5. The predicted molar refractivity (Wildman–Crippen MR) is 126 cm³/mol. The average molecular weight is 564 g/mol. The predicted octanol–water partition coefficient (Wildman–Crippen LogP) is 2.84. The van der Waals surface area contributed by atoms with Crippen LogP contribution in [0.1, 0.15) is 18.5 Å². The minimum absolute atomic E-state index is 0.0339. The lowest BCUT2D eigenvalue weighted by Crippen LogP contribution is -2.72. The van der Waals surface area contributed by atoms with E-state index in [0.717, 1.165) is 28.0 Å². The average Bonchev–Trinajstić information content (AvgIpc) is 3.12. The molecule has 4 rings (SSSR count). The van der Waals surface area contributed by atoms with E-state index in [9.17, 15) is 24.7 Å². The number of hydrogen-bond acceptors (Lipinski definition) is 10. The van der Waals surface area contributed by atoms with Crippen LogP contribution in [0.4, 0.5) is 5.13 Å². The molecular weight excluding hydrogens is 551 g/mol. The molecule has 1 unspecified atom stereocenters. The molecule has 0 saturated carbocycles. The van der Waals surface area contributed by atoms with Crippen LogP contribution >= 0.6 is 57.9 Å². The van der Waals surface area contributed by atoms with E-state index in [1.807, 2.05) is 0 Å². The van der Waals surface area contributed by atoms with Crippen LogP contribution in [-0.2, 0) is 14.4 Å². The number of nitrogen functional groups attached to an aromatic ring is 1. The van der Waals surface area contributed by atoms with Crippen LogP contribution in [0.3, 0.4) is 0 Å². The van der Waals surface area contributed by atoms with Crippen molar-refractivity contribution >= 4 is 86.5 Å². The third kappa shape index (κ3) is 4.29. The molecule has 5 N–H and O–H groups in total. The summed E-state index contributed by atoms with van der Waals surface area (Å²) in [6.45, 7) is 0. The van der Waals surface area contributed by atoms with Gasteiger partial charge in [-0.2, -0.15) is 0 Å². The van der Waals surface area contributed by atoms with Crippen molar-refractivity contribution in [1.29, 1.82) is 0 Å². The van der Waals surface area contributed by atoms with E-state index in [1.165, 1.54) is 12.4 Å². The maximum Gasteiger partial charge on any atom is 0.353 e. The molecular formula is C18H13Cl3N6O5S2. The van der Waals surface area contributed by atoms with Crippen LogP contribution in [0.25, 0.3) is 0 Å². The summed E-state index contributed by atoms with van der Waals surface area (Å²) < 4.78 is 0.0339. The van der Waals surface area contributed by atoms with Crippen LogP contribution in [0.2, 0.25) is 14.4 Å². The summed E-state index contributed by atoms with van der Waals surface area (Å²) in [5, 5.41) is 25.0. The monoisotopic (exact) mass is 562 g/mol. The van der Waals surface area contributed by atoms with Gasteiger partial charge in [0.1, 0.15) is 21.8 Å². The Morgan fingerprint density at radius 3 is 2.68 bits per heavy atom. The molecule has 2 aliphatic rings. The zero-order valence-corrected chi connectivity index (χ0v) is 20.6. The number of carbonyl (C=O) groups excluding carboxylic acids is 2. The van der Waals surface area contributed by atoms with Crippen molar-refractivity contribution < 1.29 is 24.7 Å². The number of aliphatic carboxylic acids is 1. The number of fused-ring (bicyclic) bond motifs is 1. The normalized spacial score (nSPS) is 20.1. The molecule has 1 fully saturated rings. The summed E-state index contributed by atoms with van der Waals surface area (Å²) in [6, 6.07) is -1.65. The number of nitrogens with one attached hydrogen (secondary N) is 1. The fourth-order valence-corrected chi connectivity index (χ4v) is 6.04. The van der Waals surface area contributed by atoms with E-state index in [2.05, 4.69) is 20.4 Å². The zero-order valence-electron chi connectivity index (χ0n) is 16.7. The molecule has 34 heavy (non-hydrogen) atoms. The second kappa shape index (κ2) is 9.58. The molecule has 1 saturated heterocycles. The van der Waals surface area contributed by atoms with Gasteiger partial charge in [-0.05, 0) is 12.8 Å². The Bertz CT molecular complexity index is 1280. The molecule has 16 heteroatoms. The summed E-state index contributed by atoms with van der Waals surface area (Å²) in [5.74, 6) is -2.85. The second-order valence-electron chi connectivity index (χ2n) is 7.00. The van der Waals surface area contributed by atoms with E-state index < -0.39 is 35.6 Å². The first-order valence-corrected chi connectivity index (χ1v) is 12.1. The fraction of sp³-hybridized carbons (Fsp3) is 0.222. The number of rotatable bonds is 6. The van der Waals surface area contributed by atoms with Gasteiger partial charge in [-0.3, -0.25) is 19.5 Å². The number of pyridine rings is 1. The zero-order chi connectivity index (χ0) is 24.7. The van der Waals surface area contributed by atoms with Crippen LogP contribution < -0.4 is 11.1 Å². The van der Waals surface area contributed by atoms with Crippen molar-refractivity contribution in [2.45, 2.75) is 29.8 Å². The molecule has 2 atom stereocenters. The van der Waals surface area contributed by atoms with Gasteiger partial charge < -0.3 is 21.4 Å². The van der Waals surface area contributed by atoms with E-state index in [-0.39, 0.29) is 30.9 Å². The molecule has 4 heterocycles. The van der Waals surface area contributed by atoms with Gasteiger partial charge in [0.15, 0.2) is 10.8 Å². The number of anilines is 1. The molecule has 2 aromatic rings. The van der Waals surface area contributed by atoms with Gasteiger partial charge in [-0.15, -0.1) is 0 Å². The first-order valence-electron chi connectivity index (χ1n) is 9.35. The molecule has 2 aliphatic heterocycles. The number of thiazole rings is 1. The Morgan fingerprint density at radius 2 is 2.06 bits per heavy atom. The molecule has 0 aliphatic carbocycles. The smallest absolute Gasteiger partial charge is 0.353 e. The second-order valence-corrected chi connectivity index (χ2v) is 10.6. The van der Waals surface area contributed by atoms with Crippen LogP contribution in [0, 0.1) is 0 Å². The van der Waals surface area contributed by atoms with Gasteiger partial charge in [0, 0.05) is 17.3 Å². The highest BCUT2D eigenvalue weighted by Crippen LogP contribution is 2.45. The number of β-lactam (4-membered cyclic amide) rings is 1. The van der Waals surface area contributed by atoms with Gasteiger partial charge in [-0.25, -0.2) is 9.78 Å². The first-order chi connectivity index (χ1) is 16.1. The number of aromatic nitrogens is 2. The number of carboxylic acids is 1. The van der Waals surface area contributed by atoms with Gasteiger partial charge >= 0.3 is 5.97 Å². The molecule has 2 amide bonds. The van der Waals surface area contributed by atoms with Crippen LogP contribution in [-0.4, -0.2) is 60.8 Å². The number of nitrogens with two attached hydrogens (primary N) is 1. The van der Waals surface area contributed by atoms with Crippen LogP contribution in [0.5, 0.6) is 0 Å². The lowest BCUT2D eigenvalue weighted by molar-refractivity contribution is -0.155. The number of carbonyl (C=O) groups is 3. The van der Waals surface area contributed by atoms with Gasteiger partial charge in [0.05, 0.1) is 21.0 Å². The topological polar surface area (TPSA) is 171 Å². The van der Waals surface area contributed by atoms with Crippen molar-refractivity contribution in [2.24, 2.45) is 5.16 Å². The Morgan fingerprint density at radius 1 is 1.32 bits per heavy atom. The van der Waals surface area contributed by atoms with E-state index in [0.29, 0.717) is 22.6 Å². The van der Waals surface area contributed by atoms with Crippen LogP contribution in [0.15, 0.2) is 33.0 Å². The maximum atomic E-state index is 12.9. The Hall–Kier alpha value is -2.58. The van der Waals surface area contributed by atoms with Crippen molar-refractivity contribution in [3.05, 3.63) is 43.1 Å². The lowest BCUT2D eigenvalue weighted by atomic mass is 9.86. The number of oxime groups is 1. The molecule has 178 valence electrons. The molecule has 0 radical (unpaired) electrons. The molecule has 0 spiro atoms. The van der Waals surface area contributed by atoms with E-state index >= 15 is 0 Å². The quantitative estimate of drug-likeness (QED) is 0.178. The highest BCUT2D eigenvalue weighted by Gasteiger charge is 2.54. The molecule has 0 bridgehead atoms. The van der Waals surface area contributed by atoms with Crippen molar-refractivity contribution in [2.75, 3.05) is 5.73 Å². The highest BCUT2D eigenvalue weighted by molar-refractivity contribution is 8.03. The molecule has 11 nitrogen and oxygen atoms in total. The number of nitrogens with zero attached hydrogens (tertiary/aromatic N) is 4. The minimum atomic E-state index is -1.31. The van der Waals surface area contributed by atoms with Gasteiger partial charge in [-0.1, -0.05) is 63.1 Å². The van der Waals surface area contributed by atoms with Crippen molar-refractivity contribution in [3.63, 3.8) is 0 Å². The number of allylic oxidation sites excluding steroid dienone is 1. The third-order valence-electron chi connectivity index (χ3n) is 5.06. The summed E-state index contributed by atoms with van der Waals surface area (Å²) in [5.41, 5.74) is 4.70. The minimum Gasteiger partial charge on any atom is -0.477 e. The Balaban J connectivity index is 1.55. The number of hydrogen-bond donors (Lipinski definition) is 4. The van der Waals surface area contributed by atoms with Gasteiger partial charge in [0.2, 0.25) is 0 Å². The largest absolute Gasteiger partial charge is 0.477 e. The standard InChI is InChI=1S/C18H13Cl3N6O5S2/c19-5-3-23-4-8(9(5)20)33-7-2-1-6-10(16(29)27(6)13(7)17(30)31)24-15(28)12(26-32)11-14(21)34-18(22)25-11/h3-4,6,10,32H,1-2H2,(H2,22,25)(H,24,28)(H,30,31)/b26-12-/t6?,10-/m0/s1. The summed E-state index contributed by atoms with van der Waals surface area (Å²) in [4.78, 5) is 47.4. The molecule has 2 aromatic heterocycles. The number of carboxylic acid groups (broad SMARTS) is 1. The fourth-order valence-electron chi connectivity index (χ4n) is 3.61. The maximum absolute atomic E-state index is 12.9. The number of amides is 2. The lowest BCUT2D eigenvalue weighted by Gasteiger charge is -2.50. The summed E-state index contributed by atoms with van der Waals surface area (Å²) in [7, 11) is 0. The summed E-state index contributed by atoms with van der Waals surface area (Å²) >= 11 is 20.1. The number of thioether (sulfide) groups is 1. The van der Waals surface area contributed by atoms with E-state index in [1.54, 1.807) is 0 Å². The number of halogens is 3.